The predicted octanol–water partition coefficient (Wildman–Crippen LogP) is 2.57. The molecule has 2 saturated heterocycles. The Hall–Kier alpha value is -3.00. The average Bonchev–Trinajstić information content (AvgIpc) is 3.30. The second kappa shape index (κ2) is 9.87. The molecule has 0 bridgehead atoms. The van der Waals surface area contributed by atoms with E-state index in [4.69, 9.17) is 4.74 Å². The first-order valence-corrected chi connectivity index (χ1v) is 11.7. The van der Waals surface area contributed by atoms with Crippen LogP contribution >= 0.6 is 0 Å². The molecule has 2 aliphatic rings. The van der Waals surface area contributed by atoms with Crippen molar-refractivity contribution in [3.63, 3.8) is 0 Å². The molecule has 33 heavy (non-hydrogen) atoms. The molecule has 172 valence electrons. The van der Waals surface area contributed by atoms with Crippen molar-refractivity contribution < 1.29 is 14.3 Å². The van der Waals surface area contributed by atoms with Gasteiger partial charge < -0.3 is 14.6 Å². The highest BCUT2D eigenvalue weighted by atomic mass is 16.5. The maximum absolute atomic E-state index is 13.8. The third-order valence-corrected chi connectivity index (χ3v) is 6.71. The monoisotopic (exact) mass is 446 g/mol. The molecule has 0 saturated carbocycles. The first-order chi connectivity index (χ1) is 16.2. The summed E-state index contributed by atoms with van der Waals surface area (Å²) in [5, 5.41) is 0.947. The van der Waals surface area contributed by atoms with E-state index in [9.17, 15) is 9.59 Å². The predicted molar refractivity (Wildman–Crippen MR) is 127 cm³/mol. The molecule has 0 spiro atoms. The van der Waals surface area contributed by atoms with Crippen molar-refractivity contribution in [2.45, 2.75) is 6.04 Å². The van der Waals surface area contributed by atoms with Gasteiger partial charge in [-0.1, -0.05) is 48.5 Å². The molecule has 0 radical (unpaired) electrons. The molecule has 7 heteroatoms. The fourth-order valence-electron chi connectivity index (χ4n) is 4.87. The summed E-state index contributed by atoms with van der Waals surface area (Å²) in [4.78, 5) is 36.2. The van der Waals surface area contributed by atoms with Crippen LogP contribution in [0, 0.1) is 0 Å². The third-order valence-electron chi connectivity index (χ3n) is 6.71. The number of benzene rings is 2. The van der Waals surface area contributed by atoms with Gasteiger partial charge >= 0.3 is 0 Å². The number of carbonyl (C=O) groups excluding carboxylic acids is 2. The zero-order valence-electron chi connectivity index (χ0n) is 18.8. The minimum atomic E-state index is -0.373. The Balaban J connectivity index is 1.32. The Morgan fingerprint density at radius 2 is 1.58 bits per heavy atom. The maximum Gasteiger partial charge on any atom is 0.236 e. The zero-order chi connectivity index (χ0) is 22.6. The molecular formula is C26H30N4O3. The van der Waals surface area contributed by atoms with E-state index >= 15 is 0 Å². The topological polar surface area (TPSA) is 68.9 Å². The van der Waals surface area contributed by atoms with E-state index in [0.717, 1.165) is 29.6 Å². The summed E-state index contributed by atoms with van der Waals surface area (Å²) in [7, 11) is 0. The van der Waals surface area contributed by atoms with Crippen molar-refractivity contribution in [3.05, 3.63) is 71.9 Å². The number of ether oxygens (including phenoxy) is 1. The Morgan fingerprint density at radius 1 is 0.879 bits per heavy atom. The lowest BCUT2D eigenvalue weighted by atomic mass is 9.95. The average molecular weight is 447 g/mol. The normalized spacial score (nSPS) is 19.0. The van der Waals surface area contributed by atoms with Gasteiger partial charge in [-0.05, 0) is 11.6 Å². The number of ketones is 1. The van der Waals surface area contributed by atoms with Crippen molar-refractivity contribution in [1.29, 1.82) is 0 Å². The van der Waals surface area contributed by atoms with E-state index in [1.165, 1.54) is 0 Å². The van der Waals surface area contributed by atoms with Gasteiger partial charge in [0.25, 0.3) is 0 Å². The molecule has 5 rings (SSSR count). The van der Waals surface area contributed by atoms with Crippen LogP contribution in [0.3, 0.4) is 0 Å². The molecule has 3 heterocycles. The van der Waals surface area contributed by atoms with E-state index < -0.39 is 0 Å². The molecule has 0 unspecified atom stereocenters. The number of hydrogen-bond donors (Lipinski definition) is 1. The van der Waals surface area contributed by atoms with E-state index in [1.54, 1.807) is 0 Å². The van der Waals surface area contributed by atoms with Crippen molar-refractivity contribution in [2.75, 3.05) is 59.0 Å². The molecule has 1 aromatic heterocycles. The van der Waals surface area contributed by atoms with Gasteiger partial charge in [0.1, 0.15) is 0 Å². The minimum Gasteiger partial charge on any atom is -0.379 e. The molecule has 3 aromatic rings. The zero-order valence-corrected chi connectivity index (χ0v) is 18.8. The lowest BCUT2D eigenvalue weighted by Crippen LogP contribution is -2.53. The van der Waals surface area contributed by atoms with Gasteiger partial charge in [-0.2, -0.15) is 0 Å². The molecule has 0 aliphatic carbocycles. The number of morpholine rings is 1. The Morgan fingerprint density at radius 3 is 2.33 bits per heavy atom. The quantitative estimate of drug-likeness (QED) is 0.590. The molecule has 2 aliphatic heterocycles. The number of aromatic amines is 1. The Bertz CT molecular complexity index is 1100. The summed E-state index contributed by atoms with van der Waals surface area (Å²) in [6.07, 6.45) is 1.82. The van der Waals surface area contributed by atoms with Crippen molar-refractivity contribution in [2.24, 2.45) is 0 Å². The highest BCUT2D eigenvalue weighted by molar-refractivity contribution is 6.10. The molecule has 7 nitrogen and oxygen atoms in total. The van der Waals surface area contributed by atoms with E-state index in [0.29, 0.717) is 51.5 Å². The Kier molecular flexibility index (Phi) is 6.53. The van der Waals surface area contributed by atoms with Crippen LogP contribution in [0.2, 0.25) is 0 Å². The number of nitrogens with zero attached hydrogens (tertiary/aromatic N) is 3. The van der Waals surface area contributed by atoms with Crippen LogP contribution in [0.25, 0.3) is 10.9 Å². The van der Waals surface area contributed by atoms with Crippen LogP contribution in [0.4, 0.5) is 0 Å². The number of H-pyrrole nitrogens is 1. The molecule has 2 fully saturated rings. The highest BCUT2D eigenvalue weighted by Gasteiger charge is 2.33. The summed E-state index contributed by atoms with van der Waals surface area (Å²) in [6.45, 7) is 6.04. The van der Waals surface area contributed by atoms with Crippen LogP contribution in [-0.4, -0.2) is 90.4 Å². The van der Waals surface area contributed by atoms with Crippen LogP contribution < -0.4 is 0 Å². The largest absolute Gasteiger partial charge is 0.379 e. The number of rotatable bonds is 6. The summed E-state index contributed by atoms with van der Waals surface area (Å²) in [6, 6.07) is 17.5. The van der Waals surface area contributed by atoms with E-state index in [1.807, 2.05) is 65.7 Å². The fraction of sp³-hybridized carbons (Fsp3) is 0.385. The Labute approximate surface area is 193 Å². The van der Waals surface area contributed by atoms with Crippen LogP contribution in [-0.2, 0) is 9.53 Å². The second-order valence-corrected chi connectivity index (χ2v) is 8.73. The van der Waals surface area contributed by atoms with Crippen molar-refractivity contribution in [1.82, 2.24) is 19.7 Å². The number of carbonyl (C=O) groups is 2. The highest BCUT2D eigenvalue weighted by Crippen LogP contribution is 2.29. The fourth-order valence-corrected chi connectivity index (χ4v) is 4.87. The standard InChI is InChI=1S/C26H30N4O3/c31-24(19-28-14-16-33-17-15-28)29-10-12-30(13-11-29)25(20-6-2-1-3-7-20)26(32)22-18-27-23-9-5-4-8-21(22)23/h1-9,18,25,27H,10-17,19H2/t25-/m0/s1. The third kappa shape index (κ3) is 4.71. The van der Waals surface area contributed by atoms with Gasteiger partial charge in [-0.25, -0.2) is 0 Å². The molecule has 1 N–H and O–H groups in total. The molecule has 1 atom stereocenters. The van der Waals surface area contributed by atoms with Gasteiger partial charge in [-0.15, -0.1) is 0 Å². The number of aromatic nitrogens is 1. The molecular weight excluding hydrogens is 416 g/mol. The van der Waals surface area contributed by atoms with Gasteiger partial charge in [-0.3, -0.25) is 19.4 Å². The summed E-state index contributed by atoms with van der Waals surface area (Å²) in [5.74, 6) is 0.252. The minimum absolute atomic E-state index is 0.0896. The lowest BCUT2D eigenvalue weighted by Gasteiger charge is -2.39. The number of para-hydroxylation sites is 1. The first kappa shape index (κ1) is 21.8. The SMILES string of the molecule is O=C(c1c[nH]c2ccccc12)[C@H](c1ccccc1)N1CCN(C(=O)CN2CCOCC2)CC1. The number of Topliss-reactive ketones (excluding diaryl/α,β-unsaturated/α-hetero) is 1. The second-order valence-electron chi connectivity index (χ2n) is 8.73. The van der Waals surface area contributed by atoms with E-state index in [-0.39, 0.29) is 17.7 Å². The summed E-state index contributed by atoms with van der Waals surface area (Å²) < 4.78 is 5.38. The number of amides is 1. The van der Waals surface area contributed by atoms with Gasteiger partial charge in [0.05, 0.1) is 25.8 Å². The van der Waals surface area contributed by atoms with E-state index in [2.05, 4.69) is 14.8 Å². The summed E-state index contributed by atoms with van der Waals surface area (Å²) >= 11 is 0. The van der Waals surface area contributed by atoms with Gasteiger partial charge in [0, 0.05) is 61.9 Å². The van der Waals surface area contributed by atoms with Crippen LogP contribution in [0.5, 0.6) is 0 Å². The lowest BCUT2D eigenvalue weighted by molar-refractivity contribution is -0.135. The van der Waals surface area contributed by atoms with Crippen LogP contribution in [0.15, 0.2) is 60.8 Å². The van der Waals surface area contributed by atoms with Gasteiger partial charge in [0.15, 0.2) is 5.78 Å². The number of fused-ring (bicyclic) bond motifs is 1. The molecule has 2 aromatic carbocycles. The molecule has 1 amide bonds. The summed E-state index contributed by atoms with van der Waals surface area (Å²) in [5.41, 5.74) is 2.66. The van der Waals surface area contributed by atoms with Crippen molar-refractivity contribution in [3.8, 4) is 0 Å². The maximum atomic E-state index is 13.8. The number of nitrogens with one attached hydrogen (secondary N) is 1. The van der Waals surface area contributed by atoms with Crippen LogP contribution in [0.1, 0.15) is 22.0 Å². The number of hydrogen-bond acceptors (Lipinski definition) is 5. The number of piperazine rings is 1. The first-order valence-electron chi connectivity index (χ1n) is 11.7. The van der Waals surface area contributed by atoms with Crippen molar-refractivity contribution >= 4 is 22.6 Å². The smallest absolute Gasteiger partial charge is 0.236 e. The van der Waals surface area contributed by atoms with Gasteiger partial charge in [0.2, 0.25) is 5.91 Å².